The molecule has 0 aliphatic carbocycles. The molecule has 1 N–H and O–H groups in total. The smallest absolute Gasteiger partial charge is 0.223 e. The molecule has 3 heterocycles. The number of aromatic nitrogens is 2. The Balaban J connectivity index is 1.39. The molecule has 0 bridgehead atoms. The van der Waals surface area contributed by atoms with Crippen molar-refractivity contribution < 1.29 is 4.79 Å². The molecule has 6 heteroatoms. The van der Waals surface area contributed by atoms with Crippen molar-refractivity contribution in [1.29, 1.82) is 0 Å². The van der Waals surface area contributed by atoms with Crippen LogP contribution in [0, 0.1) is 5.92 Å². The SMILES string of the molecule is C[C@H](NC(=O)C1CCN(c2nc3ccccc3n2C)CC1)c1cccs1. The van der Waals surface area contributed by atoms with E-state index in [2.05, 4.69) is 40.9 Å². The minimum atomic E-state index is 0.0837. The van der Waals surface area contributed by atoms with E-state index in [1.807, 2.05) is 29.6 Å². The van der Waals surface area contributed by atoms with Gasteiger partial charge in [-0.1, -0.05) is 18.2 Å². The second kappa shape index (κ2) is 7.11. The maximum absolute atomic E-state index is 12.6. The van der Waals surface area contributed by atoms with Gasteiger partial charge in [0.2, 0.25) is 11.9 Å². The molecule has 1 aromatic carbocycles. The summed E-state index contributed by atoms with van der Waals surface area (Å²) in [6.45, 7) is 3.78. The summed E-state index contributed by atoms with van der Waals surface area (Å²) in [6, 6.07) is 12.4. The van der Waals surface area contributed by atoms with Crippen LogP contribution in [0.2, 0.25) is 0 Å². The fraction of sp³-hybridized carbons (Fsp3) is 0.400. The highest BCUT2D eigenvalue weighted by molar-refractivity contribution is 7.10. The first-order chi connectivity index (χ1) is 12.6. The van der Waals surface area contributed by atoms with E-state index in [1.54, 1.807) is 11.3 Å². The predicted octanol–water partition coefficient (Wildman–Crippen LogP) is 3.73. The van der Waals surface area contributed by atoms with Crippen molar-refractivity contribution in [3.63, 3.8) is 0 Å². The third-order valence-corrected chi connectivity index (χ3v) is 6.30. The Morgan fingerprint density at radius 3 is 2.69 bits per heavy atom. The van der Waals surface area contributed by atoms with E-state index < -0.39 is 0 Å². The first kappa shape index (κ1) is 17.1. The number of benzene rings is 1. The number of hydrogen-bond donors (Lipinski definition) is 1. The fourth-order valence-corrected chi connectivity index (χ4v) is 4.43. The summed E-state index contributed by atoms with van der Waals surface area (Å²) in [5, 5.41) is 5.22. The van der Waals surface area contributed by atoms with Gasteiger partial charge >= 0.3 is 0 Å². The number of nitrogens with zero attached hydrogens (tertiary/aromatic N) is 3. The molecule has 0 spiro atoms. The molecule has 1 aliphatic rings. The Bertz CT molecular complexity index is 894. The van der Waals surface area contributed by atoms with Gasteiger partial charge in [0.15, 0.2) is 0 Å². The highest BCUT2D eigenvalue weighted by atomic mass is 32.1. The number of amides is 1. The van der Waals surface area contributed by atoms with E-state index in [4.69, 9.17) is 4.98 Å². The van der Waals surface area contributed by atoms with Crippen LogP contribution in [0.3, 0.4) is 0 Å². The van der Waals surface area contributed by atoms with Gasteiger partial charge in [-0.2, -0.15) is 0 Å². The second-order valence-corrected chi connectivity index (χ2v) is 7.95. The van der Waals surface area contributed by atoms with Crippen LogP contribution in [-0.2, 0) is 11.8 Å². The van der Waals surface area contributed by atoms with Gasteiger partial charge in [-0.3, -0.25) is 4.79 Å². The van der Waals surface area contributed by atoms with Gasteiger partial charge in [0.1, 0.15) is 0 Å². The lowest BCUT2D eigenvalue weighted by atomic mass is 9.95. The number of thiophene rings is 1. The van der Waals surface area contributed by atoms with Gasteiger partial charge in [0, 0.05) is 30.9 Å². The maximum atomic E-state index is 12.6. The van der Waals surface area contributed by atoms with Crippen LogP contribution in [0.4, 0.5) is 5.95 Å². The monoisotopic (exact) mass is 368 g/mol. The van der Waals surface area contributed by atoms with Gasteiger partial charge in [-0.05, 0) is 43.3 Å². The van der Waals surface area contributed by atoms with Crippen molar-refractivity contribution >= 4 is 34.2 Å². The molecule has 136 valence electrons. The third kappa shape index (κ3) is 3.21. The molecule has 1 saturated heterocycles. The van der Waals surface area contributed by atoms with E-state index >= 15 is 0 Å². The normalized spacial score (nSPS) is 16.8. The molecule has 1 amide bonds. The molecular formula is C20H24N4OS. The predicted molar refractivity (Wildman–Crippen MR) is 107 cm³/mol. The Kier molecular flexibility index (Phi) is 4.68. The average molecular weight is 369 g/mol. The van der Waals surface area contributed by atoms with Crippen LogP contribution < -0.4 is 10.2 Å². The van der Waals surface area contributed by atoms with Gasteiger partial charge in [-0.25, -0.2) is 4.98 Å². The number of nitrogens with one attached hydrogen (secondary N) is 1. The molecule has 1 fully saturated rings. The summed E-state index contributed by atoms with van der Waals surface area (Å²) in [5.41, 5.74) is 2.17. The number of imidazole rings is 1. The summed E-state index contributed by atoms with van der Waals surface area (Å²) >= 11 is 1.69. The average Bonchev–Trinajstić information content (AvgIpc) is 3.31. The lowest BCUT2D eigenvalue weighted by Gasteiger charge is -2.32. The van der Waals surface area contributed by atoms with Crippen molar-refractivity contribution in [2.45, 2.75) is 25.8 Å². The van der Waals surface area contributed by atoms with Crippen molar-refractivity contribution in [1.82, 2.24) is 14.9 Å². The van der Waals surface area contributed by atoms with Crippen LogP contribution in [-0.4, -0.2) is 28.5 Å². The first-order valence-electron chi connectivity index (χ1n) is 9.13. The molecule has 26 heavy (non-hydrogen) atoms. The number of anilines is 1. The molecule has 3 aromatic rings. The quantitative estimate of drug-likeness (QED) is 0.763. The van der Waals surface area contributed by atoms with E-state index in [0.29, 0.717) is 0 Å². The number of aryl methyl sites for hydroxylation is 1. The maximum Gasteiger partial charge on any atom is 0.223 e. The van der Waals surface area contributed by atoms with Crippen LogP contribution in [0.5, 0.6) is 0 Å². The summed E-state index contributed by atoms with van der Waals surface area (Å²) in [5.74, 6) is 1.26. The minimum Gasteiger partial charge on any atom is -0.349 e. The molecule has 2 aromatic heterocycles. The highest BCUT2D eigenvalue weighted by Gasteiger charge is 2.28. The van der Waals surface area contributed by atoms with Crippen LogP contribution in [0.1, 0.15) is 30.7 Å². The van der Waals surface area contributed by atoms with E-state index in [0.717, 1.165) is 42.9 Å². The number of fused-ring (bicyclic) bond motifs is 1. The summed E-state index contributed by atoms with van der Waals surface area (Å²) in [4.78, 5) is 20.9. The molecule has 1 aliphatic heterocycles. The summed E-state index contributed by atoms with van der Waals surface area (Å²) in [6.07, 6.45) is 1.73. The van der Waals surface area contributed by atoms with Gasteiger partial charge in [-0.15, -0.1) is 11.3 Å². The zero-order chi connectivity index (χ0) is 18.1. The standard InChI is InChI=1S/C20H24N4OS/c1-14(18-8-5-13-26-18)21-19(25)15-9-11-24(12-10-15)20-22-16-6-3-4-7-17(16)23(20)2/h3-8,13-15H,9-12H2,1-2H3,(H,21,25)/t14-/m0/s1. The zero-order valence-electron chi connectivity index (χ0n) is 15.2. The van der Waals surface area contributed by atoms with Gasteiger partial charge < -0.3 is 14.8 Å². The van der Waals surface area contributed by atoms with E-state index in [9.17, 15) is 4.79 Å². The molecule has 0 saturated carbocycles. The second-order valence-electron chi connectivity index (χ2n) is 6.97. The molecule has 4 rings (SSSR count). The highest BCUT2D eigenvalue weighted by Crippen LogP contribution is 2.27. The number of rotatable bonds is 4. The van der Waals surface area contributed by atoms with Crippen LogP contribution in [0.15, 0.2) is 41.8 Å². The fourth-order valence-electron chi connectivity index (χ4n) is 3.70. The molecule has 0 unspecified atom stereocenters. The molecule has 0 radical (unpaired) electrons. The zero-order valence-corrected chi connectivity index (χ0v) is 16.0. The number of hydrogen-bond acceptors (Lipinski definition) is 4. The molecule has 1 atom stereocenters. The van der Waals surface area contributed by atoms with Crippen molar-refractivity contribution in [3.8, 4) is 0 Å². The Morgan fingerprint density at radius 2 is 2.00 bits per heavy atom. The first-order valence-corrected chi connectivity index (χ1v) is 10.0. The Morgan fingerprint density at radius 1 is 1.23 bits per heavy atom. The minimum absolute atomic E-state index is 0.0837. The number of carbonyl (C=O) groups is 1. The number of carbonyl (C=O) groups excluding carboxylic acids is 1. The van der Waals surface area contributed by atoms with E-state index in [-0.39, 0.29) is 17.9 Å². The molecule has 5 nitrogen and oxygen atoms in total. The number of piperidine rings is 1. The van der Waals surface area contributed by atoms with Crippen molar-refractivity contribution in [2.24, 2.45) is 13.0 Å². The van der Waals surface area contributed by atoms with Crippen LogP contribution in [0.25, 0.3) is 11.0 Å². The lowest BCUT2D eigenvalue weighted by Crippen LogP contribution is -2.41. The largest absolute Gasteiger partial charge is 0.349 e. The van der Waals surface area contributed by atoms with Gasteiger partial charge in [0.25, 0.3) is 0 Å². The van der Waals surface area contributed by atoms with Crippen molar-refractivity contribution in [2.75, 3.05) is 18.0 Å². The molecular weight excluding hydrogens is 344 g/mol. The van der Waals surface area contributed by atoms with Crippen LogP contribution >= 0.6 is 11.3 Å². The summed E-state index contributed by atoms with van der Waals surface area (Å²) in [7, 11) is 2.06. The van der Waals surface area contributed by atoms with E-state index in [1.165, 1.54) is 4.88 Å². The number of para-hydroxylation sites is 2. The Hall–Kier alpha value is -2.34. The lowest BCUT2D eigenvalue weighted by molar-refractivity contribution is -0.126. The summed E-state index contributed by atoms with van der Waals surface area (Å²) < 4.78 is 2.15. The third-order valence-electron chi connectivity index (χ3n) is 5.24. The van der Waals surface area contributed by atoms with Gasteiger partial charge in [0.05, 0.1) is 17.1 Å². The topological polar surface area (TPSA) is 50.2 Å². The Labute approximate surface area is 157 Å². The van der Waals surface area contributed by atoms with Crippen molar-refractivity contribution in [3.05, 3.63) is 46.7 Å².